The van der Waals surface area contributed by atoms with Gasteiger partial charge < -0.3 is 9.80 Å². The molecule has 0 N–H and O–H groups in total. The zero-order valence-electron chi connectivity index (χ0n) is 15.5. The molecule has 2 aromatic rings. The van der Waals surface area contributed by atoms with Crippen molar-refractivity contribution < 1.29 is 9.59 Å². The number of halogens is 1. The second-order valence-electron chi connectivity index (χ2n) is 6.98. The molecule has 0 spiro atoms. The zero-order valence-corrected chi connectivity index (χ0v) is 16.2. The standard InChI is InChI=1S/C21H24ClN3O2/c1-24(12-8-17-6-10-23-11-7-17)21(27)18-14-20(26)25(15-18)13-9-16-2-4-19(22)5-3-16/h2-7,10-11,18H,8-9,12-15H2,1H3. The Bertz CT molecular complexity index is 780. The summed E-state index contributed by atoms with van der Waals surface area (Å²) in [5, 5.41) is 0.705. The van der Waals surface area contributed by atoms with Gasteiger partial charge in [0.05, 0.1) is 5.92 Å². The Kier molecular flexibility index (Phi) is 6.45. The van der Waals surface area contributed by atoms with Gasteiger partial charge in [0.25, 0.3) is 0 Å². The molecule has 1 unspecified atom stereocenters. The molecule has 6 heteroatoms. The van der Waals surface area contributed by atoms with Gasteiger partial charge in [0.15, 0.2) is 0 Å². The molecule has 2 amide bonds. The van der Waals surface area contributed by atoms with Crippen LogP contribution in [0.2, 0.25) is 5.02 Å². The van der Waals surface area contributed by atoms with Gasteiger partial charge in [-0.05, 0) is 48.2 Å². The fraction of sp³-hybridized carbons (Fsp3) is 0.381. The molecule has 3 rings (SSSR count). The van der Waals surface area contributed by atoms with Crippen molar-refractivity contribution >= 4 is 23.4 Å². The van der Waals surface area contributed by atoms with Crippen molar-refractivity contribution in [1.29, 1.82) is 0 Å². The molecular weight excluding hydrogens is 362 g/mol. The molecule has 1 aliphatic rings. The second kappa shape index (κ2) is 9.00. The number of hydrogen-bond acceptors (Lipinski definition) is 3. The summed E-state index contributed by atoms with van der Waals surface area (Å²) in [6.45, 7) is 1.77. The van der Waals surface area contributed by atoms with Crippen LogP contribution in [0.3, 0.4) is 0 Å². The lowest BCUT2D eigenvalue weighted by Crippen LogP contribution is -2.36. The third-order valence-corrected chi connectivity index (χ3v) is 5.26. The lowest BCUT2D eigenvalue weighted by Gasteiger charge is -2.21. The highest BCUT2D eigenvalue weighted by molar-refractivity contribution is 6.30. The van der Waals surface area contributed by atoms with Crippen LogP contribution in [-0.2, 0) is 22.4 Å². The molecule has 0 bridgehead atoms. The number of pyridine rings is 1. The normalized spacial score (nSPS) is 16.6. The van der Waals surface area contributed by atoms with Crippen LogP contribution in [0.5, 0.6) is 0 Å². The van der Waals surface area contributed by atoms with Crippen LogP contribution in [-0.4, -0.2) is 53.3 Å². The van der Waals surface area contributed by atoms with E-state index in [1.165, 1.54) is 0 Å². The maximum atomic E-state index is 12.7. The van der Waals surface area contributed by atoms with Crippen LogP contribution >= 0.6 is 11.6 Å². The maximum absolute atomic E-state index is 12.7. The number of amides is 2. The molecule has 1 aliphatic heterocycles. The Hall–Kier alpha value is -2.40. The van der Waals surface area contributed by atoms with E-state index in [2.05, 4.69) is 4.98 Å². The molecule has 1 saturated heterocycles. The number of likely N-dealkylation sites (tertiary alicyclic amines) is 1. The molecule has 27 heavy (non-hydrogen) atoms. The first kappa shape index (κ1) is 19.4. The third-order valence-electron chi connectivity index (χ3n) is 5.01. The predicted molar refractivity (Wildman–Crippen MR) is 105 cm³/mol. The number of carbonyl (C=O) groups is 2. The number of rotatable bonds is 7. The van der Waals surface area contributed by atoms with E-state index >= 15 is 0 Å². The smallest absolute Gasteiger partial charge is 0.227 e. The highest BCUT2D eigenvalue weighted by Gasteiger charge is 2.35. The fourth-order valence-corrected chi connectivity index (χ4v) is 3.46. The van der Waals surface area contributed by atoms with Gasteiger partial charge in [0, 0.05) is 50.5 Å². The molecule has 5 nitrogen and oxygen atoms in total. The van der Waals surface area contributed by atoms with E-state index in [1.807, 2.05) is 43.4 Å². The molecule has 0 aliphatic carbocycles. The Balaban J connectivity index is 1.48. The van der Waals surface area contributed by atoms with E-state index < -0.39 is 0 Å². The molecule has 1 aromatic heterocycles. The molecular formula is C21H24ClN3O2. The van der Waals surface area contributed by atoms with Crippen molar-refractivity contribution in [3.63, 3.8) is 0 Å². The van der Waals surface area contributed by atoms with Crippen LogP contribution < -0.4 is 0 Å². The van der Waals surface area contributed by atoms with Crippen LogP contribution in [0.1, 0.15) is 17.5 Å². The minimum absolute atomic E-state index is 0.0476. The van der Waals surface area contributed by atoms with Crippen LogP contribution in [0.15, 0.2) is 48.8 Å². The van der Waals surface area contributed by atoms with Gasteiger partial charge in [-0.15, -0.1) is 0 Å². The third kappa shape index (κ3) is 5.30. The van der Waals surface area contributed by atoms with Crippen molar-refractivity contribution in [2.45, 2.75) is 19.3 Å². The number of benzene rings is 1. The quantitative estimate of drug-likeness (QED) is 0.736. The molecule has 142 valence electrons. The summed E-state index contributed by atoms with van der Waals surface area (Å²) in [7, 11) is 1.81. The lowest BCUT2D eigenvalue weighted by molar-refractivity contribution is -0.134. The Morgan fingerprint density at radius 2 is 1.81 bits per heavy atom. The van der Waals surface area contributed by atoms with Gasteiger partial charge in [0.2, 0.25) is 11.8 Å². The monoisotopic (exact) mass is 385 g/mol. The fourth-order valence-electron chi connectivity index (χ4n) is 3.34. The summed E-state index contributed by atoms with van der Waals surface area (Å²) >= 11 is 5.90. The van der Waals surface area contributed by atoms with Crippen molar-refractivity contribution in [2.75, 3.05) is 26.7 Å². The molecule has 2 heterocycles. The molecule has 1 fully saturated rings. The van der Waals surface area contributed by atoms with Gasteiger partial charge in [0.1, 0.15) is 0 Å². The SMILES string of the molecule is CN(CCc1ccncc1)C(=O)C1CC(=O)N(CCc2ccc(Cl)cc2)C1. The lowest BCUT2D eigenvalue weighted by atomic mass is 10.1. The Morgan fingerprint density at radius 3 is 2.52 bits per heavy atom. The predicted octanol–water partition coefficient (Wildman–Crippen LogP) is 2.83. The van der Waals surface area contributed by atoms with E-state index in [-0.39, 0.29) is 17.7 Å². The number of nitrogens with zero attached hydrogens (tertiary/aromatic N) is 3. The van der Waals surface area contributed by atoms with Crippen LogP contribution in [0.25, 0.3) is 0 Å². The van der Waals surface area contributed by atoms with Crippen molar-refractivity contribution in [1.82, 2.24) is 14.8 Å². The molecule has 1 aromatic carbocycles. The number of carbonyl (C=O) groups excluding carboxylic acids is 2. The van der Waals surface area contributed by atoms with Crippen molar-refractivity contribution in [3.8, 4) is 0 Å². The van der Waals surface area contributed by atoms with Gasteiger partial charge in [-0.25, -0.2) is 0 Å². The summed E-state index contributed by atoms with van der Waals surface area (Å²) in [5.41, 5.74) is 2.29. The average molecular weight is 386 g/mol. The van der Waals surface area contributed by atoms with E-state index in [0.717, 1.165) is 24.0 Å². The molecule has 0 saturated carbocycles. The van der Waals surface area contributed by atoms with Crippen molar-refractivity contribution in [3.05, 3.63) is 64.9 Å². The average Bonchev–Trinajstić information content (AvgIpc) is 3.06. The first-order valence-corrected chi connectivity index (χ1v) is 9.57. The van der Waals surface area contributed by atoms with Gasteiger partial charge >= 0.3 is 0 Å². The number of hydrogen-bond donors (Lipinski definition) is 0. The summed E-state index contributed by atoms with van der Waals surface area (Å²) in [4.78, 5) is 32.5. The van der Waals surface area contributed by atoms with Crippen LogP contribution in [0.4, 0.5) is 0 Å². The van der Waals surface area contributed by atoms with E-state index in [9.17, 15) is 9.59 Å². The van der Waals surface area contributed by atoms with Gasteiger partial charge in [-0.3, -0.25) is 14.6 Å². The highest BCUT2D eigenvalue weighted by atomic mass is 35.5. The topological polar surface area (TPSA) is 53.5 Å². The van der Waals surface area contributed by atoms with E-state index in [4.69, 9.17) is 11.6 Å². The first-order valence-electron chi connectivity index (χ1n) is 9.19. The summed E-state index contributed by atoms with van der Waals surface area (Å²) in [5.74, 6) is -0.138. The Morgan fingerprint density at radius 1 is 1.15 bits per heavy atom. The van der Waals surface area contributed by atoms with Crippen LogP contribution in [0, 0.1) is 5.92 Å². The minimum atomic E-state index is -0.245. The van der Waals surface area contributed by atoms with Gasteiger partial charge in [-0.1, -0.05) is 23.7 Å². The summed E-state index contributed by atoms with van der Waals surface area (Å²) in [6, 6.07) is 11.6. The molecule has 0 radical (unpaired) electrons. The largest absolute Gasteiger partial charge is 0.345 e. The second-order valence-corrected chi connectivity index (χ2v) is 7.42. The number of likely N-dealkylation sites (N-methyl/N-ethyl adjacent to an activating group) is 1. The Labute approximate surface area is 164 Å². The minimum Gasteiger partial charge on any atom is -0.345 e. The molecule has 1 atom stereocenters. The highest BCUT2D eigenvalue weighted by Crippen LogP contribution is 2.21. The summed E-state index contributed by atoms with van der Waals surface area (Å²) < 4.78 is 0. The van der Waals surface area contributed by atoms with E-state index in [0.29, 0.717) is 31.1 Å². The first-order chi connectivity index (χ1) is 13.0. The summed E-state index contributed by atoms with van der Waals surface area (Å²) in [6.07, 6.45) is 5.36. The number of aromatic nitrogens is 1. The zero-order chi connectivity index (χ0) is 19.2. The van der Waals surface area contributed by atoms with Crippen molar-refractivity contribution in [2.24, 2.45) is 5.92 Å². The maximum Gasteiger partial charge on any atom is 0.227 e. The van der Waals surface area contributed by atoms with E-state index in [1.54, 1.807) is 22.2 Å². The van der Waals surface area contributed by atoms with Gasteiger partial charge in [-0.2, -0.15) is 0 Å².